The summed E-state index contributed by atoms with van der Waals surface area (Å²) in [4.78, 5) is 0. The van der Waals surface area contributed by atoms with Crippen molar-refractivity contribution in [2.75, 3.05) is 7.05 Å². The van der Waals surface area contributed by atoms with Crippen LogP contribution in [0.4, 0.5) is 0 Å². The van der Waals surface area contributed by atoms with E-state index < -0.39 is 0 Å². The topological polar surface area (TPSA) is 29.9 Å². The van der Waals surface area contributed by atoms with Gasteiger partial charge in [0.2, 0.25) is 0 Å². The highest BCUT2D eigenvalue weighted by Gasteiger charge is 2.10. The molecular weight excluding hydrogens is 246 g/mol. The van der Waals surface area contributed by atoms with Gasteiger partial charge in [-0.3, -0.25) is 4.68 Å². The molecule has 1 heterocycles. The number of nitrogens with zero attached hydrogens (tertiary/aromatic N) is 2. The van der Waals surface area contributed by atoms with E-state index in [1.807, 2.05) is 25.0 Å². The zero-order valence-electron chi connectivity index (χ0n) is 13.7. The predicted molar refractivity (Wildman–Crippen MR) is 86.9 cm³/mol. The second-order valence-electron chi connectivity index (χ2n) is 5.91. The molecule has 0 aromatic carbocycles. The molecule has 1 aromatic heterocycles. The van der Waals surface area contributed by atoms with Crippen LogP contribution in [0.2, 0.25) is 0 Å². The molecule has 0 aliphatic heterocycles. The Morgan fingerprint density at radius 2 is 1.65 bits per heavy atom. The van der Waals surface area contributed by atoms with Crippen LogP contribution in [-0.4, -0.2) is 16.8 Å². The van der Waals surface area contributed by atoms with Crippen molar-refractivity contribution in [1.82, 2.24) is 15.1 Å². The van der Waals surface area contributed by atoms with Gasteiger partial charge in [-0.25, -0.2) is 0 Å². The number of hydrogen-bond acceptors (Lipinski definition) is 2. The highest BCUT2D eigenvalue weighted by molar-refractivity contribution is 5.09. The molecule has 116 valence electrons. The molecule has 3 heteroatoms. The SMILES string of the molecule is CCCCCCCCCCCC(NC)c1cnn(C)c1. The van der Waals surface area contributed by atoms with Gasteiger partial charge in [-0.05, 0) is 13.5 Å². The second-order valence-corrected chi connectivity index (χ2v) is 5.91. The third kappa shape index (κ3) is 7.09. The van der Waals surface area contributed by atoms with Crippen LogP contribution in [0.15, 0.2) is 12.4 Å². The van der Waals surface area contributed by atoms with E-state index in [0.29, 0.717) is 6.04 Å². The standard InChI is InChI=1S/C17H33N3/c1-4-5-6-7-8-9-10-11-12-13-17(18-2)16-14-19-20(3)15-16/h14-15,17-18H,4-13H2,1-3H3. The first-order chi connectivity index (χ1) is 9.77. The molecule has 1 rings (SSSR count). The molecule has 0 spiro atoms. The fourth-order valence-electron chi connectivity index (χ4n) is 2.76. The van der Waals surface area contributed by atoms with E-state index in [1.165, 1.54) is 69.8 Å². The van der Waals surface area contributed by atoms with E-state index in [4.69, 9.17) is 0 Å². The van der Waals surface area contributed by atoms with Gasteiger partial charge in [0.05, 0.1) is 6.20 Å². The lowest BCUT2D eigenvalue weighted by Gasteiger charge is -2.14. The van der Waals surface area contributed by atoms with Crippen molar-refractivity contribution in [3.8, 4) is 0 Å². The molecular formula is C17H33N3. The summed E-state index contributed by atoms with van der Waals surface area (Å²) in [5.74, 6) is 0. The summed E-state index contributed by atoms with van der Waals surface area (Å²) in [5, 5.41) is 7.66. The first kappa shape index (κ1) is 17.2. The third-order valence-corrected chi connectivity index (χ3v) is 4.07. The van der Waals surface area contributed by atoms with Crippen molar-refractivity contribution in [2.24, 2.45) is 7.05 Å². The summed E-state index contributed by atoms with van der Waals surface area (Å²) >= 11 is 0. The maximum absolute atomic E-state index is 4.26. The highest BCUT2D eigenvalue weighted by atomic mass is 15.2. The van der Waals surface area contributed by atoms with E-state index in [2.05, 4.69) is 23.5 Å². The van der Waals surface area contributed by atoms with E-state index in [0.717, 1.165) is 0 Å². The van der Waals surface area contributed by atoms with E-state index >= 15 is 0 Å². The molecule has 3 nitrogen and oxygen atoms in total. The number of nitrogens with one attached hydrogen (secondary N) is 1. The highest BCUT2D eigenvalue weighted by Crippen LogP contribution is 2.19. The quantitative estimate of drug-likeness (QED) is 0.567. The predicted octanol–water partition coefficient (Wildman–Crippen LogP) is 4.60. The Labute approximate surface area is 125 Å². The van der Waals surface area contributed by atoms with E-state index in [1.54, 1.807) is 0 Å². The molecule has 1 atom stereocenters. The molecule has 0 radical (unpaired) electrons. The van der Waals surface area contributed by atoms with Crippen molar-refractivity contribution in [1.29, 1.82) is 0 Å². The Bertz CT molecular complexity index is 333. The average molecular weight is 279 g/mol. The number of aromatic nitrogens is 2. The monoisotopic (exact) mass is 279 g/mol. The lowest BCUT2D eigenvalue weighted by atomic mass is 10.0. The number of aryl methyl sites for hydroxylation is 1. The van der Waals surface area contributed by atoms with Crippen molar-refractivity contribution >= 4 is 0 Å². The van der Waals surface area contributed by atoms with Gasteiger partial charge in [0.25, 0.3) is 0 Å². The molecule has 1 aromatic rings. The minimum absolute atomic E-state index is 0.466. The lowest BCUT2D eigenvalue weighted by Crippen LogP contribution is -2.15. The molecule has 0 fully saturated rings. The molecule has 0 saturated heterocycles. The lowest BCUT2D eigenvalue weighted by molar-refractivity contribution is 0.493. The van der Waals surface area contributed by atoms with Crippen LogP contribution < -0.4 is 5.32 Å². The van der Waals surface area contributed by atoms with Gasteiger partial charge in [0.1, 0.15) is 0 Å². The summed E-state index contributed by atoms with van der Waals surface area (Å²) < 4.78 is 1.88. The zero-order valence-corrected chi connectivity index (χ0v) is 13.7. The van der Waals surface area contributed by atoms with Crippen LogP contribution >= 0.6 is 0 Å². The van der Waals surface area contributed by atoms with E-state index in [9.17, 15) is 0 Å². The first-order valence-corrected chi connectivity index (χ1v) is 8.43. The Hall–Kier alpha value is -0.830. The van der Waals surface area contributed by atoms with Crippen molar-refractivity contribution in [2.45, 2.75) is 77.2 Å². The number of rotatable bonds is 12. The molecule has 0 aliphatic rings. The average Bonchev–Trinajstić information content (AvgIpc) is 2.87. The third-order valence-electron chi connectivity index (χ3n) is 4.07. The Morgan fingerprint density at radius 3 is 2.15 bits per heavy atom. The van der Waals surface area contributed by atoms with Crippen LogP contribution in [0.1, 0.15) is 82.7 Å². The summed E-state index contributed by atoms with van der Waals surface area (Å²) in [6, 6.07) is 0.466. The maximum atomic E-state index is 4.26. The van der Waals surface area contributed by atoms with Gasteiger partial charge in [0.15, 0.2) is 0 Å². The fraction of sp³-hybridized carbons (Fsp3) is 0.824. The van der Waals surface area contributed by atoms with Gasteiger partial charge in [-0.1, -0.05) is 64.7 Å². The second kappa shape index (κ2) is 10.9. The minimum Gasteiger partial charge on any atom is -0.313 e. The first-order valence-electron chi connectivity index (χ1n) is 8.43. The molecule has 1 N–H and O–H groups in total. The summed E-state index contributed by atoms with van der Waals surface area (Å²) in [7, 11) is 4.03. The van der Waals surface area contributed by atoms with Crippen molar-refractivity contribution < 1.29 is 0 Å². The fourth-order valence-corrected chi connectivity index (χ4v) is 2.76. The van der Waals surface area contributed by atoms with Crippen LogP contribution in [-0.2, 0) is 7.05 Å². The van der Waals surface area contributed by atoms with Crippen molar-refractivity contribution in [3.05, 3.63) is 18.0 Å². The van der Waals surface area contributed by atoms with Crippen LogP contribution in [0.25, 0.3) is 0 Å². The van der Waals surface area contributed by atoms with Gasteiger partial charge in [0, 0.05) is 24.8 Å². The maximum Gasteiger partial charge on any atom is 0.0537 e. The number of hydrogen-bond donors (Lipinski definition) is 1. The molecule has 0 bridgehead atoms. The van der Waals surface area contributed by atoms with Crippen molar-refractivity contribution in [3.63, 3.8) is 0 Å². The summed E-state index contributed by atoms with van der Waals surface area (Å²) in [6.07, 6.45) is 17.9. The molecule has 1 unspecified atom stereocenters. The molecule has 0 aliphatic carbocycles. The minimum atomic E-state index is 0.466. The molecule has 0 amide bonds. The normalized spacial score (nSPS) is 12.8. The largest absolute Gasteiger partial charge is 0.313 e. The Kier molecular flexibility index (Phi) is 9.38. The van der Waals surface area contributed by atoms with Gasteiger partial charge >= 0.3 is 0 Å². The smallest absolute Gasteiger partial charge is 0.0537 e. The Balaban J connectivity index is 2.02. The van der Waals surface area contributed by atoms with Gasteiger partial charge in [-0.2, -0.15) is 5.10 Å². The summed E-state index contributed by atoms with van der Waals surface area (Å²) in [6.45, 7) is 2.28. The van der Waals surface area contributed by atoms with Crippen LogP contribution in [0.5, 0.6) is 0 Å². The Morgan fingerprint density at radius 1 is 1.05 bits per heavy atom. The number of unbranched alkanes of at least 4 members (excludes halogenated alkanes) is 8. The zero-order chi connectivity index (χ0) is 14.6. The molecule has 20 heavy (non-hydrogen) atoms. The van der Waals surface area contributed by atoms with Crippen LogP contribution in [0, 0.1) is 0 Å². The van der Waals surface area contributed by atoms with Crippen LogP contribution in [0.3, 0.4) is 0 Å². The summed E-state index contributed by atoms with van der Waals surface area (Å²) in [5.41, 5.74) is 1.31. The van der Waals surface area contributed by atoms with Gasteiger partial charge < -0.3 is 5.32 Å². The molecule has 0 saturated carbocycles. The van der Waals surface area contributed by atoms with E-state index in [-0.39, 0.29) is 0 Å². The van der Waals surface area contributed by atoms with Gasteiger partial charge in [-0.15, -0.1) is 0 Å².